The summed E-state index contributed by atoms with van der Waals surface area (Å²) in [7, 11) is 2.94. The predicted molar refractivity (Wildman–Crippen MR) is 96.3 cm³/mol. The van der Waals surface area contributed by atoms with Gasteiger partial charge in [-0.2, -0.15) is 0 Å². The highest BCUT2D eigenvalue weighted by Crippen LogP contribution is 2.24. The normalized spacial score (nSPS) is 9.84. The summed E-state index contributed by atoms with van der Waals surface area (Å²) in [6, 6.07) is 10.6. The molecule has 2 aromatic rings. The van der Waals surface area contributed by atoms with Crippen molar-refractivity contribution >= 4 is 34.6 Å². The van der Waals surface area contributed by atoms with E-state index in [-0.39, 0.29) is 22.1 Å². The SMILES string of the molecule is COc1cc(OC)cc(C(=O)NC(=S)Nc2ccccc2[N+](=O)[O-])c1. The topological polar surface area (TPSA) is 103 Å². The summed E-state index contributed by atoms with van der Waals surface area (Å²) in [6.07, 6.45) is 0. The van der Waals surface area contributed by atoms with Crippen molar-refractivity contribution in [3.63, 3.8) is 0 Å². The summed E-state index contributed by atoms with van der Waals surface area (Å²) in [5, 5.41) is 16.0. The third-order valence-corrected chi connectivity index (χ3v) is 3.39. The predicted octanol–water partition coefficient (Wildman–Crippen LogP) is 2.74. The lowest BCUT2D eigenvalue weighted by molar-refractivity contribution is -0.383. The molecule has 0 saturated heterocycles. The van der Waals surface area contributed by atoms with Crippen molar-refractivity contribution in [2.75, 3.05) is 19.5 Å². The van der Waals surface area contributed by atoms with E-state index >= 15 is 0 Å². The lowest BCUT2D eigenvalue weighted by atomic mass is 10.2. The van der Waals surface area contributed by atoms with Crippen LogP contribution in [0.15, 0.2) is 42.5 Å². The summed E-state index contributed by atoms with van der Waals surface area (Å²) in [5.41, 5.74) is 0.297. The number of carbonyl (C=O) groups is 1. The number of ether oxygens (including phenoxy) is 2. The third-order valence-electron chi connectivity index (χ3n) is 3.19. The highest BCUT2D eigenvalue weighted by atomic mass is 32.1. The first-order valence-electron chi connectivity index (χ1n) is 7.03. The number of nitrogens with zero attached hydrogens (tertiary/aromatic N) is 1. The number of nitro benzene ring substituents is 1. The molecular weight excluding hydrogens is 346 g/mol. The number of anilines is 1. The van der Waals surface area contributed by atoms with Crippen LogP contribution in [0.5, 0.6) is 11.5 Å². The standard InChI is InChI=1S/C16H15N3O5S/c1-23-11-7-10(8-12(9-11)24-2)15(20)18-16(25)17-13-5-3-4-6-14(13)19(21)22/h3-9H,1-2H3,(H2,17,18,20,25). The van der Waals surface area contributed by atoms with Gasteiger partial charge in [0.05, 0.1) is 19.1 Å². The van der Waals surface area contributed by atoms with E-state index in [1.807, 2.05) is 0 Å². The summed E-state index contributed by atoms with van der Waals surface area (Å²) in [4.78, 5) is 22.8. The van der Waals surface area contributed by atoms with Gasteiger partial charge in [-0.1, -0.05) is 12.1 Å². The zero-order chi connectivity index (χ0) is 18.4. The fourth-order valence-corrected chi connectivity index (χ4v) is 2.21. The Morgan fingerprint density at radius 3 is 2.28 bits per heavy atom. The monoisotopic (exact) mass is 361 g/mol. The lowest BCUT2D eigenvalue weighted by Crippen LogP contribution is -2.34. The van der Waals surface area contributed by atoms with Crippen molar-refractivity contribution in [2.45, 2.75) is 0 Å². The Kier molecular flexibility index (Phi) is 5.85. The third kappa shape index (κ3) is 4.64. The molecule has 8 nitrogen and oxygen atoms in total. The van der Waals surface area contributed by atoms with Crippen LogP contribution in [0, 0.1) is 10.1 Å². The molecule has 130 valence electrons. The molecular formula is C16H15N3O5S. The molecule has 0 bridgehead atoms. The Balaban J connectivity index is 2.13. The van der Waals surface area contributed by atoms with Crippen molar-refractivity contribution in [3.8, 4) is 11.5 Å². The number of amides is 1. The van der Waals surface area contributed by atoms with E-state index in [0.717, 1.165) is 0 Å². The maximum Gasteiger partial charge on any atom is 0.292 e. The van der Waals surface area contributed by atoms with E-state index < -0.39 is 10.8 Å². The minimum Gasteiger partial charge on any atom is -0.497 e. The quantitative estimate of drug-likeness (QED) is 0.479. The largest absolute Gasteiger partial charge is 0.497 e. The Morgan fingerprint density at radius 1 is 1.12 bits per heavy atom. The first kappa shape index (κ1) is 18.1. The van der Waals surface area contributed by atoms with Gasteiger partial charge in [-0.15, -0.1) is 0 Å². The molecule has 0 radical (unpaired) electrons. The number of hydrogen-bond acceptors (Lipinski definition) is 6. The summed E-state index contributed by atoms with van der Waals surface area (Å²) < 4.78 is 10.2. The fourth-order valence-electron chi connectivity index (χ4n) is 2.01. The molecule has 0 atom stereocenters. The summed E-state index contributed by atoms with van der Waals surface area (Å²) in [5.74, 6) is 0.387. The Bertz CT molecular complexity index is 803. The minimum absolute atomic E-state index is 0.0684. The van der Waals surface area contributed by atoms with Crippen LogP contribution in [0.3, 0.4) is 0 Å². The molecule has 2 rings (SSSR count). The van der Waals surface area contributed by atoms with Gasteiger partial charge in [0, 0.05) is 17.7 Å². The average Bonchev–Trinajstić information content (AvgIpc) is 2.61. The van der Waals surface area contributed by atoms with E-state index in [0.29, 0.717) is 11.5 Å². The van der Waals surface area contributed by atoms with Crippen molar-refractivity contribution in [3.05, 3.63) is 58.1 Å². The molecule has 1 amide bonds. The molecule has 0 unspecified atom stereocenters. The van der Waals surface area contributed by atoms with Crippen LogP contribution in [0.4, 0.5) is 11.4 Å². The number of nitrogens with one attached hydrogen (secondary N) is 2. The first-order chi connectivity index (χ1) is 11.9. The zero-order valence-corrected chi connectivity index (χ0v) is 14.3. The van der Waals surface area contributed by atoms with Gasteiger partial charge in [-0.3, -0.25) is 20.2 Å². The van der Waals surface area contributed by atoms with E-state index in [4.69, 9.17) is 21.7 Å². The lowest BCUT2D eigenvalue weighted by Gasteiger charge is -2.11. The molecule has 0 heterocycles. The number of carbonyl (C=O) groups excluding carboxylic acids is 1. The molecule has 0 aromatic heterocycles. The van der Waals surface area contributed by atoms with Crippen LogP contribution in [-0.4, -0.2) is 30.2 Å². The molecule has 0 fully saturated rings. The zero-order valence-electron chi connectivity index (χ0n) is 13.4. The molecule has 0 aliphatic carbocycles. The van der Waals surface area contributed by atoms with Gasteiger partial charge >= 0.3 is 0 Å². The van der Waals surface area contributed by atoms with Crippen LogP contribution in [0.2, 0.25) is 0 Å². The second kappa shape index (κ2) is 8.06. The van der Waals surface area contributed by atoms with Gasteiger partial charge in [-0.25, -0.2) is 0 Å². The maximum absolute atomic E-state index is 12.3. The average molecular weight is 361 g/mol. The molecule has 2 aromatic carbocycles. The molecule has 0 saturated carbocycles. The van der Waals surface area contributed by atoms with Gasteiger partial charge in [0.1, 0.15) is 17.2 Å². The smallest absolute Gasteiger partial charge is 0.292 e. The van der Waals surface area contributed by atoms with Crippen LogP contribution in [0.1, 0.15) is 10.4 Å². The maximum atomic E-state index is 12.3. The Hall–Kier alpha value is -3.20. The van der Waals surface area contributed by atoms with Gasteiger partial charge in [-0.05, 0) is 30.4 Å². The first-order valence-corrected chi connectivity index (χ1v) is 7.44. The number of benzene rings is 2. The highest BCUT2D eigenvalue weighted by Gasteiger charge is 2.15. The van der Waals surface area contributed by atoms with Gasteiger partial charge in [0.2, 0.25) is 0 Å². The Labute approximate surface area is 148 Å². The van der Waals surface area contributed by atoms with Gasteiger partial charge in [0.25, 0.3) is 11.6 Å². The van der Waals surface area contributed by atoms with E-state index in [1.54, 1.807) is 12.1 Å². The molecule has 25 heavy (non-hydrogen) atoms. The second-order valence-corrected chi connectivity index (χ2v) is 5.19. The van der Waals surface area contributed by atoms with Gasteiger partial charge in [0.15, 0.2) is 5.11 Å². The Morgan fingerprint density at radius 2 is 1.72 bits per heavy atom. The van der Waals surface area contributed by atoms with Crippen LogP contribution in [0.25, 0.3) is 0 Å². The van der Waals surface area contributed by atoms with E-state index in [1.165, 1.54) is 44.6 Å². The molecule has 9 heteroatoms. The van der Waals surface area contributed by atoms with E-state index in [2.05, 4.69) is 10.6 Å². The number of thiocarbonyl (C=S) groups is 1. The van der Waals surface area contributed by atoms with E-state index in [9.17, 15) is 14.9 Å². The van der Waals surface area contributed by atoms with Crippen molar-refractivity contribution < 1.29 is 19.2 Å². The fraction of sp³-hybridized carbons (Fsp3) is 0.125. The van der Waals surface area contributed by atoms with Crippen molar-refractivity contribution in [1.82, 2.24) is 5.32 Å². The second-order valence-electron chi connectivity index (χ2n) is 4.78. The summed E-state index contributed by atoms with van der Waals surface area (Å²) >= 11 is 5.05. The van der Waals surface area contributed by atoms with Crippen LogP contribution >= 0.6 is 12.2 Å². The number of methoxy groups -OCH3 is 2. The van der Waals surface area contributed by atoms with Crippen molar-refractivity contribution in [2.24, 2.45) is 0 Å². The van der Waals surface area contributed by atoms with Crippen LogP contribution in [-0.2, 0) is 0 Å². The number of rotatable bonds is 5. The van der Waals surface area contributed by atoms with Crippen molar-refractivity contribution in [1.29, 1.82) is 0 Å². The number of hydrogen-bond donors (Lipinski definition) is 2. The molecule has 2 N–H and O–H groups in total. The highest BCUT2D eigenvalue weighted by molar-refractivity contribution is 7.80. The van der Waals surface area contributed by atoms with Crippen LogP contribution < -0.4 is 20.1 Å². The van der Waals surface area contributed by atoms with Gasteiger partial charge < -0.3 is 14.8 Å². The number of nitro groups is 1. The number of para-hydroxylation sites is 2. The minimum atomic E-state index is -0.542. The molecule has 0 aliphatic heterocycles. The molecule has 0 spiro atoms. The molecule has 0 aliphatic rings. The summed E-state index contributed by atoms with van der Waals surface area (Å²) in [6.45, 7) is 0.